The van der Waals surface area contributed by atoms with E-state index in [1.165, 1.54) is 4.90 Å². The average Bonchev–Trinajstić information content (AvgIpc) is 3.58. The molecule has 3 heterocycles. The molecule has 7 atom stereocenters. The van der Waals surface area contributed by atoms with Crippen LogP contribution in [-0.4, -0.2) is 93.0 Å². The van der Waals surface area contributed by atoms with Crippen LogP contribution in [0.15, 0.2) is 55.6 Å². The van der Waals surface area contributed by atoms with Gasteiger partial charge in [0.15, 0.2) is 0 Å². The fourth-order valence-corrected chi connectivity index (χ4v) is 7.72. The van der Waals surface area contributed by atoms with Crippen molar-refractivity contribution in [3.05, 3.63) is 61.2 Å². The first-order chi connectivity index (χ1) is 20.9. The number of rotatable bonds is 14. The molecule has 3 amide bonds. The number of carbonyl (C=O) groups is 4. The van der Waals surface area contributed by atoms with Crippen LogP contribution in [0.3, 0.4) is 0 Å². The Morgan fingerprint density at radius 3 is 2.57 bits per heavy atom. The van der Waals surface area contributed by atoms with Crippen molar-refractivity contribution in [2.75, 3.05) is 26.2 Å². The van der Waals surface area contributed by atoms with Crippen LogP contribution in [0.1, 0.15) is 58.1 Å². The number of aliphatic hydroxyl groups excluding tert-OH is 1. The predicted octanol–water partition coefficient (Wildman–Crippen LogP) is 3.30. The number of esters is 1. The maximum Gasteiger partial charge on any atom is 0.313 e. The number of carbonyl (C=O) groups excluding carboxylic acids is 4. The Bertz CT molecular complexity index is 1250. The van der Waals surface area contributed by atoms with Crippen molar-refractivity contribution in [1.29, 1.82) is 0 Å². The number of aliphatic hydroxyl groups is 1. The monoisotopic (exact) mass is 673 g/mol. The summed E-state index contributed by atoms with van der Waals surface area (Å²) >= 11 is 3.69. The third kappa shape index (κ3) is 6.50. The summed E-state index contributed by atoms with van der Waals surface area (Å²) in [5.41, 5.74) is -1.13. The fraction of sp³-hybridized carbons (Fsp3) is 0.576. The molecule has 1 spiro atoms. The summed E-state index contributed by atoms with van der Waals surface area (Å²) in [6, 6.07) is 8.12. The number of ether oxygens (including phenoxy) is 2. The van der Waals surface area contributed by atoms with E-state index in [9.17, 15) is 24.3 Å². The van der Waals surface area contributed by atoms with Crippen LogP contribution in [0.5, 0.6) is 0 Å². The molecular formula is C33H44BrN3O7. The molecule has 44 heavy (non-hydrogen) atoms. The Kier molecular flexibility index (Phi) is 10.7. The number of halogens is 1. The Morgan fingerprint density at radius 1 is 1.25 bits per heavy atom. The summed E-state index contributed by atoms with van der Waals surface area (Å²) in [6.45, 7) is 13.5. The zero-order valence-corrected chi connectivity index (χ0v) is 27.3. The summed E-state index contributed by atoms with van der Waals surface area (Å²) in [6.07, 6.45) is 3.23. The summed E-state index contributed by atoms with van der Waals surface area (Å²) in [4.78, 5) is 57.9. The van der Waals surface area contributed by atoms with Gasteiger partial charge in [0, 0.05) is 36.5 Å². The van der Waals surface area contributed by atoms with Crippen molar-refractivity contribution in [3.63, 3.8) is 0 Å². The summed E-state index contributed by atoms with van der Waals surface area (Å²) in [5.74, 6) is -3.38. The minimum Gasteiger partial charge on any atom is -0.455 e. The molecule has 0 saturated carbocycles. The largest absolute Gasteiger partial charge is 0.455 e. The average molecular weight is 675 g/mol. The van der Waals surface area contributed by atoms with Crippen molar-refractivity contribution in [2.45, 2.75) is 80.7 Å². The molecule has 1 aromatic rings. The number of nitrogens with one attached hydrogen (secondary N) is 1. The van der Waals surface area contributed by atoms with Crippen molar-refractivity contribution < 1.29 is 33.8 Å². The molecule has 240 valence electrons. The molecule has 10 nitrogen and oxygen atoms in total. The topological polar surface area (TPSA) is 125 Å². The van der Waals surface area contributed by atoms with Crippen LogP contribution < -0.4 is 5.32 Å². The van der Waals surface area contributed by atoms with Crippen LogP contribution in [-0.2, 0) is 28.7 Å². The molecule has 3 aliphatic heterocycles. The van der Waals surface area contributed by atoms with Gasteiger partial charge in [-0.25, -0.2) is 0 Å². The Balaban J connectivity index is 1.67. The van der Waals surface area contributed by atoms with E-state index in [4.69, 9.17) is 9.47 Å². The number of fused-ring (bicyclic) bond motifs is 1. The van der Waals surface area contributed by atoms with E-state index in [2.05, 4.69) is 34.4 Å². The second-order valence-corrected chi connectivity index (χ2v) is 13.8. The second-order valence-electron chi connectivity index (χ2n) is 12.6. The smallest absolute Gasteiger partial charge is 0.313 e. The molecule has 2 N–H and O–H groups in total. The lowest BCUT2D eigenvalue weighted by Crippen LogP contribution is -2.60. The Hall–Kier alpha value is -3.02. The molecule has 3 fully saturated rings. The molecule has 0 aromatic heterocycles. The number of alkyl halides is 1. The summed E-state index contributed by atoms with van der Waals surface area (Å²) < 4.78 is 12.7. The van der Waals surface area contributed by atoms with Crippen LogP contribution in [0.4, 0.5) is 0 Å². The molecule has 3 saturated heterocycles. The normalized spacial score (nSPS) is 27.9. The fourth-order valence-electron chi connectivity index (χ4n) is 6.77. The molecule has 0 radical (unpaired) electrons. The Labute approximate surface area is 267 Å². The SMILES string of the molecule is C=CCCC(=O)NC[C@@H](OC(=O)[C@H]1[C@@H]2O[C@@]3(CC2Br)[C@@H]1C(=O)N(CCCO)[C@@H]3C(=O)N(CC=C)C(C)(C)C)c1ccccc1. The van der Waals surface area contributed by atoms with E-state index in [-0.39, 0.29) is 61.6 Å². The van der Waals surface area contributed by atoms with Gasteiger partial charge in [-0.2, -0.15) is 0 Å². The van der Waals surface area contributed by atoms with Gasteiger partial charge in [-0.1, -0.05) is 58.4 Å². The van der Waals surface area contributed by atoms with E-state index in [1.807, 2.05) is 51.1 Å². The molecular weight excluding hydrogens is 630 g/mol. The van der Waals surface area contributed by atoms with E-state index < -0.39 is 47.2 Å². The van der Waals surface area contributed by atoms with E-state index in [0.717, 1.165) is 0 Å². The highest BCUT2D eigenvalue weighted by Gasteiger charge is 2.77. The van der Waals surface area contributed by atoms with Crippen molar-refractivity contribution in [2.24, 2.45) is 11.8 Å². The van der Waals surface area contributed by atoms with Gasteiger partial charge in [0.2, 0.25) is 17.7 Å². The molecule has 2 bridgehead atoms. The van der Waals surface area contributed by atoms with Gasteiger partial charge in [-0.15, -0.1) is 13.2 Å². The first kappa shape index (κ1) is 33.9. The zero-order chi connectivity index (χ0) is 32.2. The number of likely N-dealkylation sites (tertiary alicyclic amines) is 1. The van der Waals surface area contributed by atoms with Gasteiger partial charge in [0.05, 0.1) is 24.5 Å². The molecule has 1 unspecified atom stereocenters. The lowest BCUT2D eigenvalue weighted by molar-refractivity contribution is -0.160. The molecule has 1 aromatic carbocycles. The first-order valence-corrected chi connectivity index (χ1v) is 16.1. The van der Waals surface area contributed by atoms with Gasteiger partial charge >= 0.3 is 5.97 Å². The van der Waals surface area contributed by atoms with E-state index in [1.54, 1.807) is 17.1 Å². The van der Waals surface area contributed by atoms with Crippen LogP contribution in [0.2, 0.25) is 0 Å². The minimum atomic E-state index is -1.25. The van der Waals surface area contributed by atoms with E-state index in [0.29, 0.717) is 18.4 Å². The maximum atomic E-state index is 14.4. The van der Waals surface area contributed by atoms with Gasteiger partial charge in [-0.3, -0.25) is 19.2 Å². The van der Waals surface area contributed by atoms with Crippen LogP contribution in [0, 0.1) is 11.8 Å². The number of benzene rings is 1. The molecule has 4 rings (SSSR count). The van der Waals surface area contributed by atoms with Crippen molar-refractivity contribution in [1.82, 2.24) is 15.1 Å². The van der Waals surface area contributed by atoms with Crippen LogP contribution in [0.25, 0.3) is 0 Å². The predicted molar refractivity (Wildman–Crippen MR) is 168 cm³/mol. The third-order valence-electron chi connectivity index (χ3n) is 8.73. The maximum absolute atomic E-state index is 14.4. The number of hydrogen-bond acceptors (Lipinski definition) is 7. The Morgan fingerprint density at radius 2 is 1.95 bits per heavy atom. The van der Waals surface area contributed by atoms with E-state index >= 15 is 0 Å². The lowest BCUT2D eigenvalue weighted by Gasteiger charge is -2.42. The third-order valence-corrected chi connectivity index (χ3v) is 9.57. The van der Waals surface area contributed by atoms with Gasteiger partial charge in [-0.05, 0) is 45.6 Å². The molecule has 0 aliphatic carbocycles. The zero-order valence-electron chi connectivity index (χ0n) is 25.7. The highest BCUT2D eigenvalue weighted by molar-refractivity contribution is 9.09. The second kappa shape index (κ2) is 14.0. The number of hydrogen-bond donors (Lipinski definition) is 2. The van der Waals surface area contributed by atoms with Crippen molar-refractivity contribution in [3.8, 4) is 0 Å². The number of allylic oxidation sites excluding steroid dienone is 1. The van der Waals surface area contributed by atoms with Crippen molar-refractivity contribution >= 4 is 39.6 Å². The minimum absolute atomic E-state index is 0.0529. The summed E-state index contributed by atoms with van der Waals surface area (Å²) in [5, 5.41) is 12.5. The lowest BCUT2D eigenvalue weighted by atomic mass is 9.70. The van der Waals surface area contributed by atoms with Crippen LogP contribution >= 0.6 is 15.9 Å². The standard InChI is InChI=1S/C33H44BrN3O7/c1-6-8-15-24(39)35-20-23(21-13-10-9-11-14-21)43-31(42)25-26-29(40)36(17-12-18-38)28(33(26)19-22(34)27(25)44-33)30(41)37(16-7-2)32(3,4)5/h6-7,9-11,13-14,22-23,25-28,38H,1-2,8,12,15-20H2,3-5H3,(H,35,39)/t22?,23-,25-,26+,27-,28-,33+/m1/s1. The number of nitrogens with zero attached hydrogens (tertiary/aromatic N) is 2. The molecule has 11 heteroatoms. The first-order valence-electron chi connectivity index (χ1n) is 15.2. The quantitative estimate of drug-likeness (QED) is 0.176. The number of amides is 3. The highest BCUT2D eigenvalue weighted by atomic mass is 79.9. The molecule has 3 aliphatic rings. The summed E-state index contributed by atoms with van der Waals surface area (Å²) in [7, 11) is 0. The highest BCUT2D eigenvalue weighted by Crippen LogP contribution is 2.60. The van der Waals surface area contributed by atoms with Gasteiger partial charge in [0.25, 0.3) is 0 Å². The van der Waals surface area contributed by atoms with Gasteiger partial charge < -0.3 is 29.7 Å². The van der Waals surface area contributed by atoms with Gasteiger partial charge in [0.1, 0.15) is 17.7 Å².